The van der Waals surface area contributed by atoms with Gasteiger partial charge in [0, 0.05) is 49.5 Å². The van der Waals surface area contributed by atoms with E-state index < -0.39 is 10.0 Å². The molecule has 1 amide bonds. The van der Waals surface area contributed by atoms with Crippen LogP contribution < -0.4 is 10.2 Å². The van der Waals surface area contributed by atoms with Crippen LogP contribution in [0.4, 0.5) is 11.5 Å². The first-order valence-corrected chi connectivity index (χ1v) is 11.0. The molecule has 0 aliphatic carbocycles. The van der Waals surface area contributed by atoms with Crippen LogP contribution >= 0.6 is 0 Å². The SMILES string of the molecule is CN1CCN(c2ccc(C(=O)Nc3n[nH]c4c3CN(S(C)(=O)=O)C4)cc2)CC1. The summed E-state index contributed by atoms with van der Waals surface area (Å²) in [6.07, 6.45) is 1.17. The second kappa shape index (κ2) is 7.19. The highest BCUT2D eigenvalue weighted by Gasteiger charge is 2.30. The van der Waals surface area contributed by atoms with Crippen molar-refractivity contribution >= 4 is 27.4 Å². The molecule has 9 nitrogen and oxygen atoms in total. The van der Waals surface area contributed by atoms with Crippen LogP contribution in [0.3, 0.4) is 0 Å². The maximum Gasteiger partial charge on any atom is 0.256 e. The summed E-state index contributed by atoms with van der Waals surface area (Å²) in [5.41, 5.74) is 3.07. The Bertz CT molecular complexity index is 977. The van der Waals surface area contributed by atoms with Crippen molar-refractivity contribution in [2.75, 3.05) is 49.7 Å². The van der Waals surface area contributed by atoms with Crippen molar-refractivity contribution in [3.63, 3.8) is 0 Å². The maximum absolute atomic E-state index is 12.6. The fourth-order valence-corrected chi connectivity index (χ4v) is 4.24. The number of H-pyrrole nitrogens is 1. The van der Waals surface area contributed by atoms with E-state index in [9.17, 15) is 13.2 Å². The number of hydrogen-bond acceptors (Lipinski definition) is 6. The summed E-state index contributed by atoms with van der Waals surface area (Å²) >= 11 is 0. The summed E-state index contributed by atoms with van der Waals surface area (Å²) in [5, 5.41) is 9.74. The molecule has 4 rings (SSSR count). The third kappa shape index (κ3) is 3.75. The van der Waals surface area contributed by atoms with Crippen LogP contribution in [0.15, 0.2) is 24.3 Å². The van der Waals surface area contributed by atoms with Gasteiger partial charge < -0.3 is 15.1 Å². The predicted molar refractivity (Wildman–Crippen MR) is 107 cm³/mol. The Balaban J connectivity index is 1.43. The van der Waals surface area contributed by atoms with Crippen molar-refractivity contribution in [1.82, 2.24) is 19.4 Å². The van der Waals surface area contributed by atoms with Gasteiger partial charge in [-0.3, -0.25) is 9.89 Å². The van der Waals surface area contributed by atoms with Crippen LogP contribution in [-0.2, 0) is 23.1 Å². The van der Waals surface area contributed by atoms with Crippen LogP contribution in [0.1, 0.15) is 21.6 Å². The highest BCUT2D eigenvalue weighted by molar-refractivity contribution is 7.88. The number of aromatic amines is 1. The van der Waals surface area contributed by atoms with Crippen molar-refractivity contribution in [2.24, 2.45) is 0 Å². The van der Waals surface area contributed by atoms with Gasteiger partial charge >= 0.3 is 0 Å². The summed E-state index contributed by atoms with van der Waals surface area (Å²) in [6, 6.07) is 7.53. The van der Waals surface area contributed by atoms with E-state index in [-0.39, 0.29) is 19.0 Å². The molecule has 3 heterocycles. The first kappa shape index (κ1) is 18.9. The zero-order valence-corrected chi connectivity index (χ0v) is 16.8. The quantitative estimate of drug-likeness (QED) is 0.778. The number of carbonyl (C=O) groups excluding carboxylic acids is 1. The lowest BCUT2D eigenvalue weighted by molar-refractivity contribution is 0.102. The molecule has 2 N–H and O–H groups in total. The summed E-state index contributed by atoms with van der Waals surface area (Å²) in [4.78, 5) is 17.2. The molecule has 1 fully saturated rings. The number of fused-ring (bicyclic) bond motifs is 1. The molecule has 0 unspecified atom stereocenters. The van der Waals surface area contributed by atoms with Gasteiger partial charge in [0.05, 0.1) is 18.5 Å². The molecule has 1 saturated heterocycles. The standard InChI is InChI=1S/C18H24N6O3S/c1-22-7-9-23(10-8-22)14-5-3-13(4-6-14)18(25)19-17-15-11-24(28(2,26)27)12-16(15)20-21-17/h3-6H,7-12H2,1-2H3,(H2,19,20,21,25). The molecule has 0 saturated carbocycles. The zero-order valence-electron chi connectivity index (χ0n) is 16.0. The van der Waals surface area contributed by atoms with E-state index in [0.29, 0.717) is 22.6 Å². The van der Waals surface area contributed by atoms with Crippen LogP contribution in [0, 0.1) is 0 Å². The van der Waals surface area contributed by atoms with Crippen LogP contribution in [0.2, 0.25) is 0 Å². The van der Waals surface area contributed by atoms with E-state index in [0.717, 1.165) is 31.9 Å². The average molecular weight is 404 g/mol. The van der Waals surface area contributed by atoms with E-state index in [1.807, 2.05) is 12.1 Å². The molecule has 1 aromatic heterocycles. The Kier molecular flexibility index (Phi) is 4.86. The van der Waals surface area contributed by atoms with Gasteiger partial charge in [-0.1, -0.05) is 0 Å². The molecule has 0 spiro atoms. The first-order valence-electron chi connectivity index (χ1n) is 9.17. The van der Waals surface area contributed by atoms with Crippen LogP contribution in [0.5, 0.6) is 0 Å². The monoisotopic (exact) mass is 404 g/mol. The molecule has 10 heteroatoms. The second-order valence-corrected chi connectivity index (χ2v) is 9.33. The Morgan fingerprint density at radius 2 is 1.79 bits per heavy atom. The summed E-state index contributed by atoms with van der Waals surface area (Å²) in [6.45, 7) is 4.45. The van der Waals surface area contributed by atoms with Crippen molar-refractivity contribution in [2.45, 2.75) is 13.1 Å². The summed E-state index contributed by atoms with van der Waals surface area (Å²) < 4.78 is 24.8. The molecule has 0 radical (unpaired) electrons. The van der Waals surface area contributed by atoms with Gasteiger partial charge in [-0.2, -0.15) is 9.40 Å². The fourth-order valence-electron chi connectivity index (χ4n) is 3.52. The van der Waals surface area contributed by atoms with E-state index >= 15 is 0 Å². The molecule has 1 aromatic carbocycles. The highest BCUT2D eigenvalue weighted by Crippen LogP contribution is 2.29. The molecule has 28 heavy (non-hydrogen) atoms. The molecule has 2 aromatic rings. The normalized spacial score (nSPS) is 18.3. The number of piperazine rings is 1. The Hall–Kier alpha value is -2.43. The number of hydrogen-bond donors (Lipinski definition) is 2. The molecule has 0 bridgehead atoms. The van der Waals surface area contributed by atoms with Gasteiger partial charge in [0.15, 0.2) is 5.82 Å². The van der Waals surface area contributed by atoms with Gasteiger partial charge in [0.1, 0.15) is 0 Å². The van der Waals surface area contributed by atoms with Gasteiger partial charge in [-0.15, -0.1) is 0 Å². The zero-order chi connectivity index (χ0) is 19.9. The summed E-state index contributed by atoms with van der Waals surface area (Å²) in [7, 11) is -1.17. The number of benzene rings is 1. The lowest BCUT2D eigenvalue weighted by Gasteiger charge is -2.34. The summed E-state index contributed by atoms with van der Waals surface area (Å²) in [5.74, 6) is 0.117. The topological polar surface area (TPSA) is 102 Å². The minimum absolute atomic E-state index is 0.211. The highest BCUT2D eigenvalue weighted by atomic mass is 32.2. The molecular formula is C18H24N6O3S. The lowest BCUT2D eigenvalue weighted by atomic mass is 10.1. The van der Waals surface area contributed by atoms with Crippen LogP contribution in [-0.4, -0.2) is 73.2 Å². The Morgan fingerprint density at radius 3 is 2.43 bits per heavy atom. The number of sulfonamides is 1. The number of rotatable bonds is 4. The van der Waals surface area contributed by atoms with Gasteiger partial charge in [0.2, 0.25) is 10.0 Å². The van der Waals surface area contributed by atoms with Gasteiger partial charge in [-0.05, 0) is 31.3 Å². The van der Waals surface area contributed by atoms with Crippen molar-refractivity contribution < 1.29 is 13.2 Å². The van der Waals surface area contributed by atoms with Crippen molar-refractivity contribution in [3.05, 3.63) is 41.1 Å². The number of likely N-dealkylation sites (N-methyl/N-ethyl adjacent to an activating group) is 1. The fraction of sp³-hybridized carbons (Fsp3) is 0.444. The number of carbonyl (C=O) groups is 1. The minimum Gasteiger partial charge on any atom is -0.369 e. The van der Waals surface area contributed by atoms with E-state index in [4.69, 9.17) is 0 Å². The minimum atomic E-state index is -3.29. The van der Waals surface area contributed by atoms with E-state index in [1.165, 1.54) is 10.6 Å². The number of anilines is 2. The Labute approximate surface area is 164 Å². The van der Waals surface area contributed by atoms with Crippen LogP contribution in [0.25, 0.3) is 0 Å². The smallest absolute Gasteiger partial charge is 0.256 e. The predicted octanol–water partition coefficient (Wildman–Crippen LogP) is 0.689. The first-order chi connectivity index (χ1) is 13.3. The molecule has 2 aliphatic heterocycles. The van der Waals surface area contributed by atoms with E-state index in [2.05, 4.69) is 32.4 Å². The molecule has 0 atom stereocenters. The van der Waals surface area contributed by atoms with Crippen molar-refractivity contribution in [1.29, 1.82) is 0 Å². The number of nitrogens with one attached hydrogen (secondary N) is 2. The number of amides is 1. The lowest BCUT2D eigenvalue weighted by Crippen LogP contribution is -2.44. The third-order valence-electron chi connectivity index (χ3n) is 5.32. The van der Waals surface area contributed by atoms with Crippen molar-refractivity contribution in [3.8, 4) is 0 Å². The van der Waals surface area contributed by atoms with Gasteiger partial charge in [-0.25, -0.2) is 8.42 Å². The van der Waals surface area contributed by atoms with E-state index in [1.54, 1.807) is 12.1 Å². The second-order valence-electron chi connectivity index (χ2n) is 7.35. The molecule has 2 aliphatic rings. The third-order valence-corrected chi connectivity index (χ3v) is 6.52. The number of nitrogens with zero attached hydrogens (tertiary/aromatic N) is 4. The average Bonchev–Trinajstić information content (AvgIpc) is 3.24. The van der Waals surface area contributed by atoms with Gasteiger partial charge in [0.25, 0.3) is 5.91 Å². The number of aromatic nitrogens is 2. The molecule has 150 valence electrons. The largest absolute Gasteiger partial charge is 0.369 e. The molecular weight excluding hydrogens is 380 g/mol. The maximum atomic E-state index is 12.6. The Morgan fingerprint density at radius 1 is 1.11 bits per heavy atom.